The van der Waals surface area contributed by atoms with Crippen LogP contribution >= 0.6 is 11.3 Å². The third-order valence-electron chi connectivity index (χ3n) is 2.56. The van der Waals surface area contributed by atoms with Crippen molar-refractivity contribution in [3.05, 3.63) is 52.0 Å². The van der Waals surface area contributed by atoms with Gasteiger partial charge in [-0.3, -0.25) is 4.79 Å². The summed E-state index contributed by atoms with van der Waals surface area (Å²) < 4.78 is 13.0. The van der Waals surface area contributed by atoms with Crippen LogP contribution in [0.4, 0.5) is 10.1 Å². The molecule has 1 heterocycles. The van der Waals surface area contributed by atoms with Crippen molar-refractivity contribution >= 4 is 22.9 Å². The molecule has 19 heavy (non-hydrogen) atoms. The van der Waals surface area contributed by atoms with Gasteiger partial charge in [0.05, 0.1) is 5.69 Å². The maximum Gasteiger partial charge on any atom is 0.221 e. The van der Waals surface area contributed by atoms with Gasteiger partial charge in [-0.25, -0.2) is 4.39 Å². The molecule has 100 valence electrons. The molecule has 0 saturated carbocycles. The molecule has 1 aromatic heterocycles. The van der Waals surface area contributed by atoms with Crippen molar-refractivity contribution in [1.82, 2.24) is 5.32 Å². The molecule has 0 unspecified atom stereocenters. The smallest absolute Gasteiger partial charge is 0.221 e. The van der Waals surface area contributed by atoms with E-state index in [-0.39, 0.29) is 11.7 Å². The molecular weight excluding hydrogens is 263 g/mol. The van der Waals surface area contributed by atoms with Crippen LogP contribution in [0.2, 0.25) is 0 Å². The van der Waals surface area contributed by atoms with Crippen LogP contribution in [0, 0.1) is 5.82 Å². The fourth-order valence-corrected chi connectivity index (χ4v) is 2.55. The Morgan fingerprint density at radius 3 is 2.89 bits per heavy atom. The summed E-state index contributed by atoms with van der Waals surface area (Å²) in [7, 11) is 0. The summed E-state index contributed by atoms with van der Waals surface area (Å²) in [6, 6.07) is 8.39. The first-order chi connectivity index (χ1) is 9.15. The first-order valence-corrected chi connectivity index (χ1v) is 6.82. The highest BCUT2D eigenvalue weighted by molar-refractivity contribution is 7.10. The van der Waals surface area contributed by atoms with Crippen LogP contribution in [-0.2, 0) is 17.9 Å². The zero-order valence-corrected chi connectivity index (χ0v) is 11.4. The van der Waals surface area contributed by atoms with Crippen LogP contribution in [0.25, 0.3) is 0 Å². The van der Waals surface area contributed by atoms with Crippen molar-refractivity contribution in [3.8, 4) is 0 Å². The second kappa shape index (κ2) is 6.45. The van der Waals surface area contributed by atoms with E-state index in [2.05, 4.69) is 10.6 Å². The number of thiophene rings is 1. The topological polar surface area (TPSA) is 41.1 Å². The lowest BCUT2D eigenvalue weighted by molar-refractivity contribution is -0.114. The fourth-order valence-electron chi connectivity index (χ4n) is 1.75. The van der Waals surface area contributed by atoms with E-state index in [1.807, 2.05) is 17.5 Å². The van der Waals surface area contributed by atoms with Crippen molar-refractivity contribution in [2.75, 3.05) is 5.32 Å². The molecule has 0 aliphatic heterocycles. The largest absolute Gasteiger partial charge is 0.325 e. The molecule has 0 radical (unpaired) electrons. The molecule has 0 fully saturated rings. The van der Waals surface area contributed by atoms with Crippen LogP contribution in [-0.4, -0.2) is 5.91 Å². The van der Waals surface area contributed by atoms with Gasteiger partial charge in [0.2, 0.25) is 5.91 Å². The monoisotopic (exact) mass is 278 g/mol. The number of hydrogen-bond acceptors (Lipinski definition) is 3. The van der Waals surface area contributed by atoms with Crippen molar-refractivity contribution in [2.24, 2.45) is 0 Å². The average molecular weight is 278 g/mol. The van der Waals surface area contributed by atoms with E-state index >= 15 is 0 Å². The summed E-state index contributed by atoms with van der Waals surface area (Å²) in [4.78, 5) is 12.1. The molecule has 2 N–H and O–H groups in total. The second-order valence-corrected chi connectivity index (χ2v) is 5.17. The Bertz CT molecular complexity index is 568. The van der Waals surface area contributed by atoms with E-state index in [1.54, 1.807) is 17.4 Å². The molecule has 0 atom stereocenters. The predicted molar refractivity (Wildman–Crippen MR) is 75.6 cm³/mol. The van der Waals surface area contributed by atoms with Crippen LogP contribution in [0.15, 0.2) is 35.7 Å². The Balaban J connectivity index is 1.89. The van der Waals surface area contributed by atoms with Gasteiger partial charge in [0, 0.05) is 24.9 Å². The lowest BCUT2D eigenvalue weighted by Gasteiger charge is -2.06. The van der Waals surface area contributed by atoms with E-state index in [1.165, 1.54) is 19.1 Å². The number of carbonyl (C=O) groups is 1. The van der Waals surface area contributed by atoms with Gasteiger partial charge in [-0.05, 0) is 29.1 Å². The third-order valence-corrected chi connectivity index (χ3v) is 3.48. The minimum atomic E-state index is -0.227. The van der Waals surface area contributed by atoms with Crippen LogP contribution in [0.1, 0.15) is 17.4 Å². The summed E-state index contributed by atoms with van der Waals surface area (Å²) in [5, 5.41) is 7.96. The van der Waals surface area contributed by atoms with Crippen molar-refractivity contribution in [3.63, 3.8) is 0 Å². The van der Waals surface area contributed by atoms with Crippen LogP contribution < -0.4 is 10.6 Å². The maximum atomic E-state index is 13.0. The summed E-state index contributed by atoms with van der Waals surface area (Å²) in [5.41, 5.74) is 1.74. The molecule has 0 aliphatic carbocycles. The standard InChI is InChI=1S/C14H15FN2OS/c1-10(18)17-13-5-6-19-14(13)9-16-8-11-3-2-4-12(15)7-11/h2-7,16H,8-9H2,1H3,(H,17,18). The molecule has 0 aliphatic rings. The van der Waals surface area contributed by atoms with E-state index < -0.39 is 0 Å². The zero-order chi connectivity index (χ0) is 13.7. The number of nitrogens with one attached hydrogen (secondary N) is 2. The Hall–Kier alpha value is -1.72. The molecule has 1 amide bonds. The van der Waals surface area contributed by atoms with Crippen molar-refractivity contribution < 1.29 is 9.18 Å². The molecular formula is C14H15FN2OS. The lowest BCUT2D eigenvalue weighted by atomic mass is 10.2. The van der Waals surface area contributed by atoms with E-state index in [9.17, 15) is 9.18 Å². The second-order valence-electron chi connectivity index (χ2n) is 4.17. The number of anilines is 1. The molecule has 1 aromatic carbocycles. The number of hydrogen-bond donors (Lipinski definition) is 2. The number of benzene rings is 1. The highest BCUT2D eigenvalue weighted by Gasteiger charge is 2.05. The summed E-state index contributed by atoms with van der Waals surface area (Å²) >= 11 is 1.58. The SMILES string of the molecule is CC(=O)Nc1ccsc1CNCc1cccc(F)c1. The van der Waals surface area contributed by atoms with E-state index in [0.29, 0.717) is 13.1 Å². The van der Waals surface area contributed by atoms with Gasteiger partial charge in [0.15, 0.2) is 0 Å². The van der Waals surface area contributed by atoms with Gasteiger partial charge in [0.25, 0.3) is 0 Å². The van der Waals surface area contributed by atoms with Crippen LogP contribution in [0.5, 0.6) is 0 Å². The van der Waals surface area contributed by atoms with Gasteiger partial charge in [-0.15, -0.1) is 11.3 Å². The number of carbonyl (C=O) groups excluding carboxylic acids is 1. The third kappa shape index (κ3) is 4.15. The Morgan fingerprint density at radius 2 is 2.16 bits per heavy atom. The van der Waals surface area contributed by atoms with Gasteiger partial charge in [0.1, 0.15) is 5.82 Å². The van der Waals surface area contributed by atoms with E-state index in [4.69, 9.17) is 0 Å². The van der Waals surface area contributed by atoms with Crippen molar-refractivity contribution in [2.45, 2.75) is 20.0 Å². The molecule has 0 bridgehead atoms. The average Bonchev–Trinajstić information content (AvgIpc) is 2.76. The van der Waals surface area contributed by atoms with Gasteiger partial charge >= 0.3 is 0 Å². The molecule has 2 aromatic rings. The highest BCUT2D eigenvalue weighted by Crippen LogP contribution is 2.22. The number of amides is 1. The van der Waals surface area contributed by atoms with Crippen LogP contribution in [0.3, 0.4) is 0 Å². The first-order valence-electron chi connectivity index (χ1n) is 5.94. The molecule has 0 spiro atoms. The molecule has 5 heteroatoms. The zero-order valence-electron chi connectivity index (χ0n) is 10.6. The summed E-state index contributed by atoms with van der Waals surface area (Å²) in [6.45, 7) is 2.72. The van der Waals surface area contributed by atoms with Gasteiger partial charge in [-0.1, -0.05) is 12.1 Å². The maximum absolute atomic E-state index is 13.0. The Morgan fingerprint density at radius 1 is 1.32 bits per heavy atom. The minimum Gasteiger partial charge on any atom is -0.325 e. The minimum absolute atomic E-state index is 0.0789. The highest BCUT2D eigenvalue weighted by atomic mass is 32.1. The van der Waals surface area contributed by atoms with Gasteiger partial charge in [-0.2, -0.15) is 0 Å². The quantitative estimate of drug-likeness (QED) is 0.882. The summed E-state index contributed by atoms with van der Waals surface area (Å²) in [6.07, 6.45) is 0. The Labute approximate surface area is 115 Å². The van der Waals surface area contributed by atoms with Crippen molar-refractivity contribution in [1.29, 1.82) is 0 Å². The number of halogens is 1. The normalized spacial score (nSPS) is 10.4. The number of rotatable bonds is 5. The van der Waals surface area contributed by atoms with Gasteiger partial charge < -0.3 is 10.6 Å². The fraction of sp³-hybridized carbons (Fsp3) is 0.214. The molecule has 3 nitrogen and oxygen atoms in total. The predicted octanol–water partition coefficient (Wildman–Crippen LogP) is 3.14. The molecule has 2 rings (SSSR count). The Kier molecular flexibility index (Phi) is 4.65. The molecule has 0 saturated heterocycles. The summed E-state index contributed by atoms with van der Waals surface area (Å²) in [5.74, 6) is -0.306. The van der Waals surface area contributed by atoms with E-state index in [0.717, 1.165) is 16.1 Å². The first kappa shape index (κ1) is 13.7. The lowest BCUT2D eigenvalue weighted by Crippen LogP contribution is -2.14.